The van der Waals surface area contributed by atoms with Gasteiger partial charge in [0.25, 0.3) is 5.91 Å². The Morgan fingerprint density at radius 2 is 1.65 bits per heavy atom. The summed E-state index contributed by atoms with van der Waals surface area (Å²) in [4.78, 5) is 12.7. The van der Waals surface area contributed by atoms with Crippen LogP contribution in [0.2, 0.25) is 0 Å². The van der Waals surface area contributed by atoms with Crippen LogP contribution in [-0.4, -0.2) is 20.6 Å². The molecule has 0 aromatic heterocycles. The molecule has 1 amide bonds. The van der Waals surface area contributed by atoms with Gasteiger partial charge in [0, 0.05) is 11.8 Å². The van der Waals surface area contributed by atoms with Gasteiger partial charge in [0.2, 0.25) is 0 Å². The number of amides is 1. The molecule has 1 N–H and O–H groups in total. The highest BCUT2D eigenvalue weighted by molar-refractivity contribution is 7.90. The molecule has 0 fully saturated rings. The fourth-order valence-corrected chi connectivity index (χ4v) is 2.97. The van der Waals surface area contributed by atoms with Gasteiger partial charge in [-0.05, 0) is 50.1 Å². The van der Waals surface area contributed by atoms with E-state index in [9.17, 15) is 13.2 Å². The molecule has 0 radical (unpaired) electrons. The number of benzene rings is 2. The van der Waals surface area contributed by atoms with E-state index in [0.717, 1.165) is 16.7 Å². The molecule has 0 aliphatic heterocycles. The molecule has 1 atom stereocenters. The predicted octanol–water partition coefficient (Wildman–Crippen LogP) is 3.20. The Morgan fingerprint density at radius 1 is 1.04 bits per heavy atom. The maximum Gasteiger partial charge on any atom is 0.252 e. The maximum atomic E-state index is 12.4. The van der Waals surface area contributed by atoms with Gasteiger partial charge >= 0.3 is 0 Å². The third-order valence-corrected chi connectivity index (χ3v) is 4.92. The number of nitrogens with one attached hydrogen (secondary N) is 1. The summed E-state index contributed by atoms with van der Waals surface area (Å²) in [5.41, 5.74) is 3.47. The molecule has 2 rings (SSSR count). The van der Waals surface area contributed by atoms with Crippen molar-refractivity contribution in [1.29, 1.82) is 0 Å². The van der Waals surface area contributed by atoms with E-state index in [0.29, 0.717) is 5.56 Å². The van der Waals surface area contributed by atoms with Crippen LogP contribution < -0.4 is 5.32 Å². The lowest BCUT2D eigenvalue weighted by molar-refractivity contribution is 0.0939. The zero-order chi connectivity index (χ0) is 17.2. The van der Waals surface area contributed by atoms with Gasteiger partial charge in [-0.25, -0.2) is 8.42 Å². The Balaban J connectivity index is 2.17. The first-order valence-corrected chi connectivity index (χ1v) is 9.26. The molecule has 0 bridgehead atoms. The van der Waals surface area contributed by atoms with Crippen molar-refractivity contribution in [3.63, 3.8) is 0 Å². The Morgan fingerprint density at radius 3 is 2.22 bits per heavy atom. The molecule has 0 aliphatic rings. The number of sulfone groups is 1. The van der Waals surface area contributed by atoms with Gasteiger partial charge in [-0.15, -0.1) is 0 Å². The molecule has 23 heavy (non-hydrogen) atoms. The molecule has 0 spiro atoms. The second-order valence-corrected chi connectivity index (χ2v) is 7.87. The quantitative estimate of drug-likeness (QED) is 0.936. The standard InChI is InChI=1S/C18H21NO3S/c1-12-5-6-13(2)17(11-12)18(20)19-14(3)15-7-9-16(10-8-15)23(4,21)22/h5-11,14H,1-4H3,(H,19,20)/t14-/m1/s1. The van der Waals surface area contributed by atoms with Crippen molar-refractivity contribution >= 4 is 15.7 Å². The molecule has 2 aromatic carbocycles. The monoisotopic (exact) mass is 331 g/mol. The van der Waals surface area contributed by atoms with Crippen LogP contribution in [0.1, 0.15) is 40.0 Å². The molecular weight excluding hydrogens is 310 g/mol. The predicted molar refractivity (Wildman–Crippen MR) is 91.3 cm³/mol. The highest BCUT2D eigenvalue weighted by Gasteiger charge is 2.14. The molecule has 5 heteroatoms. The van der Waals surface area contributed by atoms with Gasteiger partial charge in [0.1, 0.15) is 0 Å². The SMILES string of the molecule is Cc1ccc(C)c(C(=O)N[C@H](C)c2ccc(S(C)(=O)=O)cc2)c1. The van der Waals surface area contributed by atoms with Crippen LogP contribution in [0, 0.1) is 13.8 Å². The summed E-state index contributed by atoms with van der Waals surface area (Å²) in [6.07, 6.45) is 1.17. The van der Waals surface area contributed by atoms with Gasteiger partial charge in [0.15, 0.2) is 9.84 Å². The summed E-state index contributed by atoms with van der Waals surface area (Å²) in [6.45, 7) is 5.72. The molecule has 2 aromatic rings. The Kier molecular flexibility index (Phi) is 4.90. The molecule has 122 valence electrons. The van der Waals surface area contributed by atoms with Crippen molar-refractivity contribution in [2.75, 3.05) is 6.26 Å². The van der Waals surface area contributed by atoms with Crippen molar-refractivity contribution in [2.45, 2.75) is 31.7 Å². The van der Waals surface area contributed by atoms with Crippen LogP contribution in [0.4, 0.5) is 0 Å². The summed E-state index contributed by atoms with van der Waals surface area (Å²) >= 11 is 0. The first kappa shape index (κ1) is 17.2. The topological polar surface area (TPSA) is 63.2 Å². The lowest BCUT2D eigenvalue weighted by Crippen LogP contribution is -2.27. The molecular formula is C18H21NO3S. The normalized spacial score (nSPS) is 12.7. The zero-order valence-electron chi connectivity index (χ0n) is 13.8. The fraction of sp³-hybridized carbons (Fsp3) is 0.278. The van der Waals surface area contributed by atoms with E-state index in [1.54, 1.807) is 24.3 Å². The van der Waals surface area contributed by atoms with Gasteiger partial charge in [-0.3, -0.25) is 4.79 Å². The van der Waals surface area contributed by atoms with Crippen LogP contribution in [0.5, 0.6) is 0 Å². The van der Waals surface area contributed by atoms with E-state index in [2.05, 4.69) is 5.32 Å². The number of rotatable bonds is 4. The third-order valence-electron chi connectivity index (χ3n) is 3.79. The van der Waals surface area contributed by atoms with E-state index >= 15 is 0 Å². The summed E-state index contributed by atoms with van der Waals surface area (Å²) < 4.78 is 23.0. The molecule has 0 aliphatic carbocycles. The van der Waals surface area contributed by atoms with Gasteiger partial charge in [-0.2, -0.15) is 0 Å². The number of carbonyl (C=O) groups is 1. The highest BCUT2D eigenvalue weighted by Crippen LogP contribution is 2.18. The first-order chi connectivity index (χ1) is 10.7. The van der Waals surface area contributed by atoms with Crippen molar-refractivity contribution in [1.82, 2.24) is 5.32 Å². The minimum Gasteiger partial charge on any atom is -0.346 e. The smallest absolute Gasteiger partial charge is 0.252 e. The van der Waals surface area contributed by atoms with Crippen LogP contribution in [0.25, 0.3) is 0 Å². The summed E-state index contributed by atoms with van der Waals surface area (Å²) in [5.74, 6) is -0.133. The largest absolute Gasteiger partial charge is 0.346 e. The van der Waals surface area contributed by atoms with Crippen LogP contribution >= 0.6 is 0 Å². The summed E-state index contributed by atoms with van der Waals surface area (Å²) in [5, 5.41) is 2.95. The molecule has 0 heterocycles. The lowest BCUT2D eigenvalue weighted by atomic mass is 10.0. The van der Waals surface area contributed by atoms with Gasteiger partial charge < -0.3 is 5.32 Å². The Hall–Kier alpha value is -2.14. The highest BCUT2D eigenvalue weighted by atomic mass is 32.2. The van der Waals surface area contributed by atoms with E-state index in [-0.39, 0.29) is 16.8 Å². The van der Waals surface area contributed by atoms with Crippen LogP contribution in [0.3, 0.4) is 0 Å². The molecule has 4 nitrogen and oxygen atoms in total. The van der Waals surface area contributed by atoms with Crippen LogP contribution in [-0.2, 0) is 9.84 Å². The van der Waals surface area contributed by atoms with Crippen LogP contribution in [0.15, 0.2) is 47.4 Å². The average Bonchev–Trinajstić information content (AvgIpc) is 2.48. The zero-order valence-corrected chi connectivity index (χ0v) is 14.6. The number of carbonyl (C=O) groups excluding carboxylic acids is 1. The first-order valence-electron chi connectivity index (χ1n) is 7.36. The van der Waals surface area contributed by atoms with E-state index < -0.39 is 9.84 Å². The Labute approximate surface area is 137 Å². The van der Waals surface area contributed by atoms with E-state index in [4.69, 9.17) is 0 Å². The molecule has 0 saturated carbocycles. The summed E-state index contributed by atoms with van der Waals surface area (Å²) in [6, 6.07) is 12.1. The molecule has 0 saturated heterocycles. The van der Waals surface area contributed by atoms with Crippen molar-refractivity contribution in [3.8, 4) is 0 Å². The van der Waals surface area contributed by atoms with Crippen molar-refractivity contribution in [2.24, 2.45) is 0 Å². The van der Waals surface area contributed by atoms with E-state index in [1.807, 2.05) is 39.0 Å². The van der Waals surface area contributed by atoms with Gasteiger partial charge in [0.05, 0.1) is 10.9 Å². The molecule has 0 unspecified atom stereocenters. The second kappa shape index (κ2) is 6.54. The third kappa shape index (κ3) is 4.20. The van der Waals surface area contributed by atoms with E-state index in [1.165, 1.54) is 6.26 Å². The Bertz CT molecular complexity index is 824. The number of hydrogen-bond acceptors (Lipinski definition) is 3. The number of aryl methyl sites for hydroxylation is 2. The lowest BCUT2D eigenvalue weighted by Gasteiger charge is -2.16. The second-order valence-electron chi connectivity index (χ2n) is 5.85. The van der Waals surface area contributed by atoms with Crippen molar-refractivity contribution < 1.29 is 13.2 Å². The minimum absolute atomic E-state index is 0.133. The minimum atomic E-state index is -3.21. The van der Waals surface area contributed by atoms with Gasteiger partial charge in [-0.1, -0.05) is 29.8 Å². The maximum absolute atomic E-state index is 12.4. The number of hydrogen-bond donors (Lipinski definition) is 1. The summed E-state index contributed by atoms with van der Waals surface area (Å²) in [7, 11) is -3.21. The fourth-order valence-electron chi connectivity index (χ4n) is 2.34. The average molecular weight is 331 g/mol. The van der Waals surface area contributed by atoms with Crippen molar-refractivity contribution in [3.05, 3.63) is 64.7 Å².